The van der Waals surface area contributed by atoms with Crippen molar-refractivity contribution in [1.29, 1.82) is 0 Å². The van der Waals surface area contributed by atoms with Crippen molar-refractivity contribution in [2.24, 2.45) is 0 Å². The number of ether oxygens (including phenoxy) is 2. The van der Waals surface area contributed by atoms with Crippen LogP contribution in [0.15, 0.2) is 18.2 Å². The van der Waals surface area contributed by atoms with Crippen LogP contribution in [-0.2, 0) is 25.9 Å². The highest BCUT2D eigenvalue weighted by Gasteiger charge is 2.28. The van der Waals surface area contributed by atoms with Gasteiger partial charge in [-0.25, -0.2) is 4.79 Å². The van der Waals surface area contributed by atoms with E-state index in [4.69, 9.17) is 9.47 Å². The highest BCUT2D eigenvalue weighted by atomic mass is 16.5. The summed E-state index contributed by atoms with van der Waals surface area (Å²) in [6, 6.07) is 6.07. The lowest BCUT2D eigenvalue weighted by molar-refractivity contribution is 0.0688. The Morgan fingerprint density at radius 3 is 2.77 bits per heavy atom. The molecule has 0 saturated carbocycles. The lowest BCUT2D eigenvalue weighted by atomic mass is 9.91. The van der Waals surface area contributed by atoms with Gasteiger partial charge in [0.25, 0.3) is 0 Å². The Morgan fingerprint density at radius 2 is 2.12 bits per heavy atom. The van der Waals surface area contributed by atoms with E-state index in [-0.39, 0.29) is 11.7 Å². The molecule has 0 amide bonds. The molecule has 2 aromatic rings. The number of aromatic nitrogens is 2. The number of nitrogens with one attached hydrogen (secondary N) is 1. The standard InChI is InChI=1S/C19H25N3O4/c1-4-22-15-7-6-13(10-14(15)18(21-22)19(23)24)20-11-12-5-8-16(25-2)17(9-12)26-3/h5,8-9,13,20H,4,6-7,10-11H2,1-3H3,(H,23,24)/t13-/m0/s1. The fraction of sp³-hybridized carbons (Fsp3) is 0.474. The lowest BCUT2D eigenvalue weighted by Gasteiger charge is -2.24. The summed E-state index contributed by atoms with van der Waals surface area (Å²) in [4.78, 5) is 11.5. The molecule has 140 valence electrons. The van der Waals surface area contributed by atoms with Gasteiger partial charge in [0, 0.05) is 30.4 Å². The van der Waals surface area contributed by atoms with Crippen LogP contribution < -0.4 is 14.8 Å². The van der Waals surface area contributed by atoms with Crippen molar-refractivity contribution in [3.63, 3.8) is 0 Å². The van der Waals surface area contributed by atoms with Crippen LogP contribution in [0.3, 0.4) is 0 Å². The number of carbonyl (C=O) groups is 1. The number of benzene rings is 1. The molecule has 0 radical (unpaired) electrons. The summed E-state index contributed by atoms with van der Waals surface area (Å²) in [6.07, 6.45) is 2.49. The number of nitrogens with zero attached hydrogens (tertiary/aromatic N) is 2. The Morgan fingerprint density at radius 1 is 1.35 bits per heavy atom. The van der Waals surface area contributed by atoms with E-state index >= 15 is 0 Å². The number of aryl methyl sites for hydroxylation is 1. The van der Waals surface area contributed by atoms with Crippen LogP contribution in [0.25, 0.3) is 0 Å². The maximum absolute atomic E-state index is 11.5. The third kappa shape index (κ3) is 3.53. The minimum Gasteiger partial charge on any atom is -0.493 e. The number of aromatic carboxylic acids is 1. The number of methoxy groups -OCH3 is 2. The highest BCUT2D eigenvalue weighted by molar-refractivity contribution is 5.87. The van der Waals surface area contributed by atoms with Crippen LogP contribution >= 0.6 is 0 Å². The second kappa shape index (κ2) is 7.78. The average molecular weight is 359 g/mol. The first-order valence-corrected chi connectivity index (χ1v) is 8.83. The van der Waals surface area contributed by atoms with E-state index in [2.05, 4.69) is 10.4 Å². The Balaban J connectivity index is 1.70. The van der Waals surface area contributed by atoms with Crippen molar-refractivity contribution in [2.75, 3.05) is 14.2 Å². The molecular weight excluding hydrogens is 334 g/mol. The Kier molecular flexibility index (Phi) is 5.46. The monoisotopic (exact) mass is 359 g/mol. The number of carboxylic acid groups (broad SMARTS) is 1. The molecule has 1 atom stereocenters. The van der Waals surface area contributed by atoms with E-state index in [1.807, 2.05) is 29.8 Å². The number of fused-ring (bicyclic) bond motifs is 1. The number of rotatable bonds is 7. The molecule has 1 heterocycles. The Bertz CT molecular complexity index is 800. The van der Waals surface area contributed by atoms with Gasteiger partial charge in [0.2, 0.25) is 0 Å². The second-order valence-electron chi connectivity index (χ2n) is 6.40. The summed E-state index contributed by atoms with van der Waals surface area (Å²) in [7, 11) is 3.24. The molecular formula is C19H25N3O4. The first-order chi connectivity index (χ1) is 12.6. The molecule has 0 spiro atoms. The zero-order valence-electron chi connectivity index (χ0n) is 15.4. The zero-order valence-corrected chi connectivity index (χ0v) is 15.4. The molecule has 0 bridgehead atoms. The highest BCUT2D eigenvalue weighted by Crippen LogP contribution is 2.28. The van der Waals surface area contributed by atoms with Crippen molar-refractivity contribution in [3.8, 4) is 11.5 Å². The first-order valence-electron chi connectivity index (χ1n) is 8.83. The van der Waals surface area contributed by atoms with Crippen LogP contribution in [0, 0.1) is 0 Å². The van der Waals surface area contributed by atoms with E-state index in [0.717, 1.165) is 29.7 Å². The molecule has 3 rings (SSSR count). The fourth-order valence-corrected chi connectivity index (χ4v) is 3.55. The van der Waals surface area contributed by atoms with E-state index in [1.54, 1.807) is 14.2 Å². The number of carboxylic acids is 1. The third-order valence-corrected chi connectivity index (χ3v) is 4.89. The Labute approximate surface area is 152 Å². The zero-order chi connectivity index (χ0) is 18.7. The summed E-state index contributed by atoms with van der Waals surface area (Å²) in [5.74, 6) is 0.459. The van der Waals surface area contributed by atoms with Gasteiger partial charge < -0.3 is 19.9 Å². The molecule has 0 aliphatic heterocycles. The minimum atomic E-state index is -0.950. The van der Waals surface area contributed by atoms with E-state index < -0.39 is 5.97 Å². The smallest absolute Gasteiger partial charge is 0.356 e. The molecule has 0 fully saturated rings. The molecule has 0 unspecified atom stereocenters. The first kappa shape index (κ1) is 18.3. The molecule has 1 aromatic carbocycles. The van der Waals surface area contributed by atoms with Crippen LogP contribution in [-0.4, -0.2) is 41.1 Å². The summed E-state index contributed by atoms with van der Waals surface area (Å²) in [5.41, 5.74) is 3.22. The molecule has 0 saturated heterocycles. The van der Waals surface area contributed by atoms with Crippen molar-refractivity contribution in [2.45, 2.75) is 45.3 Å². The van der Waals surface area contributed by atoms with Gasteiger partial charge in [-0.3, -0.25) is 4.68 Å². The fourth-order valence-electron chi connectivity index (χ4n) is 3.55. The van der Waals surface area contributed by atoms with Gasteiger partial charge in [0.1, 0.15) is 0 Å². The summed E-state index contributed by atoms with van der Waals surface area (Å²) in [5, 5.41) is 17.2. The maximum Gasteiger partial charge on any atom is 0.356 e. The van der Waals surface area contributed by atoms with Crippen molar-refractivity contribution in [1.82, 2.24) is 15.1 Å². The van der Waals surface area contributed by atoms with Gasteiger partial charge in [-0.05, 0) is 43.9 Å². The van der Waals surface area contributed by atoms with Crippen LogP contribution in [0.1, 0.15) is 40.7 Å². The molecule has 1 aliphatic rings. The third-order valence-electron chi connectivity index (χ3n) is 4.89. The average Bonchev–Trinajstić information content (AvgIpc) is 3.04. The predicted molar refractivity (Wildman–Crippen MR) is 97.1 cm³/mol. The summed E-state index contributed by atoms with van der Waals surface area (Å²) < 4.78 is 12.4. The van der Waals surface area contributed by atoms with E-state index in [9.17, 15) is 9.90 Å². The number of hydrogen-bond donors (Lipinski definition) is 2. The van der Waals surface area contributed by atoms with Crippen molar-refractivity contribution >= 4 is 5.97 Å². The van der Waals surface area contributed by atoms with E-state index in [1.165, 1.54) is 0 Å². The van der Waals surface area contributed by atoms with Crippen LogP contribution in [0.4, 0.5) is 0 Å². The lowest BCUT2D eigenvalue weighted by Crippen LogP contribution is -2.34. The molecule has 2 N–H and O–H groups in total. The quantitative estimate of drug-likeness (QED) is 0.789. The number of hydrogen-bond acceptors (Lipinski definition) is 5. The van der Waals surface area contributed by atoms with E-state index in [0.29, 0.717) is 31.0 Å². The SMILES string of the molecule is CCn1nc(C(=O)O)c2c1CC[C@H](NCc1ccc(OC)c(OC)c1)C2. The van der Waals surface area contributed by atoms with Crippen molar-refractivity contribution < 1.29 is 19.4 Å². The summed E-state index contributed by atoms with van der Waals surface area (Å²) >= 11 is 0. The maximum atomic E-state index is 11.5. The van der Waals surface area contributed by atoms with Gasteiger partial charge >= 0.3 is 5.97 Å². The van der Waals surface area contributed by atoms with Gasteiger partial charge in [0.05, 0.1) is 14.2 Å². The second-order valence-corrected chi connectivity index (χ2v) is 6.40. The van der Waals surface area contributed by atoms with Crippen molar-refractivity contribution in [3.05, 3.63) is 40.7 Å². The van der Waals surface area contributed by atoms with Gasteiger partial charge in [0.15, 0.2) is 17.2 Å². The molecule has 1 aromatic heterocycles. The van der Waals surface area contributed by atoms with Crippen LogP contribution in [0.5, 0.6) is 11.5 Å². The predicted octanol–water partition coefficient (Wildman–Crippen LogP) is 2.27. The normalized spacial score (nSPS) is 16.2. The van der Waals surface area contributed by atoms with Crippen LogP contribution in [0.2, 0.25) is 0 Å². The topological polar surface area (TPSA) is 85.6 Å². The minimum absolute atomic E-state index is 0.194. The largest absolute Gasteiger partial charge is 0.493 e. The van der Waals surface area contributed by atoms with Gasteiger partial charge in [-0.1, -0.05) is 6.07 Å². The van der Waals surface area contributed by atoms with Gasteiger partial charge in [-0.15, -0.1) is 0 Å². The Hall–Kier alpha value is -2.54. The molecule has 7 heteroatoms. The van der Waals surface area contributed by atoms with Gasteiger partial charge in [-0.2, -0.15) is 5.10 Å². The molecule has 7 nitrogen and oxygen atoms in total. The molecule has 1 aliphatic carbocycles. The molecule has 26 heavy (non-hydrogen) atoms. The summed E-state index contributed by atoms with van der Waals surface area (Å²) in [6.45, 7) is 3.37.